The summed E-state index contributed by atoms with van der Waals surface area (Å²) in [6, 6.07) is 7.17. The van der Waals surface area contributed by atoms with Gasteiger partial charge in [0, 0.05) is 46.2 Å². The van der Waals surface area contributed by atoms with Crippen LogP contribution in [0.15, 0.2) is 64.4 Å². The van der Waals surface area contributed by atoms with Crippen LogP contribution in [0, 0.1) is 11.8 Å². The molecule has 0 radical (unpaired) electrons. The summed E-state index contributed by atoms with van der Waals surface area (Å²) in [6.07, 6.45) is -5.41. The highest BCUT2D eigenvalue weighted by atomic mass is 79.9. The predicted octanol–water partition coefficient (Wildman–Crippen LogP) is 6.30. The first-order valence-electron chi connectivity index (χ1n) is 17.4. The lowest BCUT2D eigenvalue weighted by molar-refractivity contribution is -0.178. The van der Waals surface area contributed by atoms with Gasteiger partial charge in [-0.1, -0.05) is 49.7 Å². The molecule has 0 aliphatic carbocycles. The number of imide groups is 1. The van der Waals surface area contributed by atoms with Crippen LogP contribution in [0.4, 0.5) is 23.9 Å². The number of hydrogen-bond donors (Lipinski definition) is 2. The topological polar surface area (TPSA) is 166 Å². The molecule has 0 saturated carbocycles. The van der Waals surface area contributed by atoms with Gasteiger partial charge in [-0.05, 0) is 68.7 Å². The molecule has 1 aromatic heterocycles. The maximum Gasteiger partial charge on any atom is 0.419 e. The van der Waals surface area contributed by atoms with Crippen molar-refractivity contribution in [2.75, 3.05) is 12.4 Å². The van der Waals surface area contributed by atoms with E-state index in [4.69, 9.17) is 20.2 Å². The van der Waals surface area contributed by atoms with Gasteiger partial charge < -0.3 is 25.4 Å². The molecule has 3 aromatic rings. The van der Waals surface area contributed by atoms with Crippen LogP contribution in [0.5, 0.6) is 0 Å². The Morgan fingerprint density at radius 2 is 1.65 bits per heavy atom. The molecule has 13 nitrogen and oxygen atoms in total. The highest BCUT2D eigenvalue weighted by molar-refractivity contribution is 9.10. The van der Waals surface area contributed by atoms with E-state index in [-0.39, 0.29) is 52.2 Å². The first-order chi connectivity index (χ1) is 25.7. The van der Waals surface area contributed by atoms with Crippen molar-refractivity contribution < 1.29 is 41.8 Å². The van der Waals surface area contributed by atoms with Gasteiger partial charge >= 0.3 is 18.2 Å². The molecule has 0 fully saturated rings. The van der Waals surface area contributed by atoms with E-state index >= 15 is 0 Å². The summed E-state index contributed by atoms with van der Waals surface area (Å²) in [7, 11) is 1.20. The zero-order chi connectivity index (χ0) is 41.1. The summed E-state index contributed by atoms with van der Waals surface area (Å²) in [4.78, 5) is 73.2. The van der Waals surface area contributed by atoms with Crippen LogP contribution in [0.25, 0.3) is 5.69 Å². The molecule has 4 atom stereocenters. The monoisotopic (exact) mass is 832 g/mol. The number of halogens is 4. The number of alkyl halides is 3. The Morgan fingerprint density at radius 3 is 2.22 bits per heavy atom. The van der Waals surface area contributed by atoms with E-state index in [0.717, 1.165) is 11.0 Å². The molecule has 3 N–H and O–H groups in total. The number of carbonyl (C=O) groups is 4. The summed E-state index contributed by atoms with van der Waals surface area (Å²) < 4.78 is 52.6. The lowest BCUT2D eigenvalue weighted by Gasteiger charge is -2.35. The molecule has 3 amide bonds. The summed E-state index contributed by atoms with van der Waals surface area (Å²) in [5, 5.41) is 3.11. The van der Waals surface area contributed by atoms with Crippen molar-refractivity contribution in [3.63, 3.8) is 0 Å². The molecule has 0 unspecified atom stereocenters. The van der Waals surface area contributed by atoms with Crippen LogP contribution in [0.3, 0.4) is 0 Å². The zero-order valence-corrected chi connectivity index (χ0v) is 33.0. The fourth-order valence-corrected chi connectivity index (χ4v) is 6.01. The van der Waals surface area contributed by atoms with Gasteiger partial charge in [-0.3, -0.25) is 19.2 Å². The third-order valence-electron chi connectivity index (χ3n) is 9.04. The van der Waals surface area contributed by atoms with E-state index < -0.39 is 65.5 Å². The van der Waals surface area contributed by atoms with Crippen molar-refractivity contribution in [1.82, 2.24) is 19.4 Å². The van der Waals surface area contributed by atoms with Crippen LogP contribution in [-0.4, -0.2) is 74.7 Å². The lowest BCUT2D eigenvalue weighted by Crippen LogP contribution is -2.46. The molecule has 4 rings (SSSR count). The SMILES string of the molecule is C=C[C@H](C)Nc1nc2c(c(=O)n1-c1ccc(C(=O)N(C)C(=O)O[C@@H](OC(=O)[C@@H](N)C(C)C)C(C)C)cc1)C[C@@H](C)N(C(=O)c1ccc(Br)c(C(F)(F)F)c1)C2. The standard InChI is InChI=1S/C38H44BrF3N6O7/c1-9-21(6)44-36-45-29-18-47(32(50)24-12-15-28(39)27(17-24)38(40,41)42)22(7)16-26(29)33(51)48(36)25-13-10-23(11-14-25)31(49)46(8)37(53)55-35(20(4)5)54-34(52)30(43)19(2)3/h9-15,17,19-22,30,35H,1,16,18,43H2,2-8H3,(H,44,45)/t21-,22+,30-,35+/m0/s1. The average Bonchev–Trinajstić information content (AvgIpc) is 3.13. The summed E-state index contributed by atoms with van der Waals surface area (Å²) >= 11 is 2.90. The van der Waals surface area contributed by atoms with Gasteiger partial charge in [0.05, 0.1) is 23.5 Å². The van der Waals surface area contributed by atoms with E-state index in [2.05, 4.69) is 27.8 Å². The highest BCUT2D eigenvalue weighted by Crippen LogP contribution is 2.36. The summed E-state index contributed by atoms with van der Waals surface area (Å²) in [6.45, 7) is 13.9. The number of nitrogens with two attached hydrogens (primary N) is 1. The van der Waals surface area contributed by atoms with Crippen molar-refractivity contribution in [1.29, 1.82) is 0 Å². The molecule has 296 valence electrons. The summed E-state index contributed by atoms with van der Waals surface area (Å²) in [5.41, 5.74) is 5.20. The van der Waals surface area contributed by atoms with Gasteiger partial charge in [0.15, 0.2) is 0 Å². The zero-order valence-electron chi connectivity index (χ0n) is 31.4. The van der Waals surface area contributed by atoms with E-state index in [9.17, 15) is 37.1 Å². The quantitative estimate of drug-likeness (QED) is 0.127. The minimum Gasteiger partial charge on any atom is -0.424 e. The number of amides is 3. The van der Waals surface area contributed by atoms with Gasteiger partial charge in [0.25, 0.3) is 23.7 Å². The van der Waals surface area contributed by atoms with E-state index in [0.29, 0.717) is 11.3 Å². The Morgan fingerprint density at radius 1 is 1.04 bits per heavy atom. The minimum atomic E-state index is -4.69. The van der Waals surface area contributed by atoms with Crippen LogP contribution in [0.1, 0.15) is 79.1 Å². The maximum atomic E-state index is 14.2. The number of nitrogens with zero attached hydrogens (tertiary/aromatic N) is 4. The fourth-order valence-electron chi connectivity index (χ4n) is 5.54. The van der Waals surface area contributed by atoms with Gasteiger partial charge in [-0.2, -0.15) is 13.2 Å². The van der Waals surface area contributed by atoms with E-state index in [1.54, 1.807) is 47.6 Å². The summed E-state index contributed by atoms with van der Waals surface area (Å²) in [5.74, 6) is -2.73. The number of carbonyl (C=O) groups excluding carboxylic acids is 4. The number of benzene rings is 2. The molecule has 1 aliphatic rings. The average molecular weight is 834 g/mol. The van der Waals surface area contributed by atoms with Crippen molar-refractivity contribution in [3.8, 4) is 5.69 Å². The van der Waals surface area contributed by atoms with E-state index in [1.807, 2.05) is 0 Å². The number of anilines is 1. The Balaban J connectivity index is 1.62. The van der Waals surface area contributed by atoms with Crippen LogP contribution >= 0.6 is 15.9 Å². The van der Waals surface area contributed by atoms with Crippen LogP contribution in [0.2, 0.25) is 0 Å². The number of aromatic nitrogens is 2. The maximum absolute atomic E-state index is 14.2. The normalized spacial score (nSPS) is 15.8. The molecule has 2 heterocycles. The Kier molecular flexibility index (Phi) is 13.3. The first kappa shape index (κ1) is 42.7. The number of esters is 1. The van der Waals surface area contributed by atoms with Gasteiger partial charge in [-0.15, -0.1) is 6.58 Å². The Labute approximate surface area is 324 Å². The van der Waals surface area contributed by atoms with Crippen LogP contribution in [-0.2, 0) is 33.4 Å². The van der Waals surface area contributed by atoms with Gasteiger partial charge in [0.1, 0.15) is 6.04 Å². The van der Waals surface area contributed by atoms with Gasteiger partial charge in [0.2, 0.25) is 5.95 Å². The molecule has 0 saturated heterocycles. The number of hydrogen-bond acceptors (Lipinski definition) is 10. The van der Waals surface area contributed by atoms with Crippen molar-refractivity contribution >= 4 is 45.8 Å². The van der Waals surface area contributed by atoms with Crippen molar-refractivity contribution in [3.05, 3.63) is 97.9 Å². The van der Waals surface area contributed by atoms with Crippen molar-refractivity contribution in [2.45, 2.75) is 85.1 Å². The second-order valence-corrected chi connectivity index (χ2v) is 14.8. The molecular weight excluding hydrogens is 789 g/mol. The molecule has 0 spiro atoms. The largest absolute Gasteiger partial charge is 0.424 e. The van der Waals surface area contributed by atoms with E-state index in [1.165, 1.54) is 52.9 Å². The molecular formula is C38H44BrF3N6O7. The second-order valence-electron chi connectivity index (χ2n) is 14.0. The Bertz CT molecular complexity index is 2020. The molecule has 0 bridgehead atoms. The third-order valence-corrected chi connectivity index (χ3v) is 9.73. The first-order valence-corrected chi connectivity index (χ1v) is 18.2. The van der Waals surface area contributed by atoms with Crippen molar-refractivity contribution in [2.24, 2.45) is 17.6 Å². The Hall–Kier alpha value is -5.03. The number of rotatable bonds is 11. The fraction of sp³-hybridized carbons (Fsp3) is 0.421. The lowest BCUT2D eigenvalue weighted by atomic mass is 9.98. The molecule has 1 aliphatic heterocycles. The third kappa shape index (κ3) is 9.62. The minimum absolute atomic E-state index is 0.0619. The predicted molar refractivity (Wildman–Crippen MR) is 201 cm³/mol. The number of nitrogens with one attached hydrogen (secondary N) is 1. The second kappa shape index (κ2) is 17.2. The van der Waals surface area contributed by atoms with Gasteiger partial charge in [-0.25, -0.2) is 19.2 Å². The number of ether oxygens (including phenoxy) is 2. The molecule has 55 heavy (non-hydrogen) atoms. The smallest absolute Gasteiger partial charge is 0.419 e. The number of fused-ring (bicyclic) bond motifs is 1. The molecule has 17 heteroatoms. The highest BCUT2D eigenvalue weighted by Gasteiger charge is 2.36. The van der Waals surface area contributed by atoms with Crippen LogP contribution < -0.4 is 16.6 Å². The molecule has 2 aromatic carbocycles.